The van der Waals surface area contributed by atoms with Crippen molar-refractivity contribution >= 4 is 52.0 Å². The van der Waals surface area contributed by atoms with E-state index >= 15 is 0 Å². The fourth-order valence-electron chi connectivity index (χ4n) is 3.52. The van der Waals surface area contributed by atoms with Crippen LogP contribution >= 0.6 is 34.5 Å². The molecule has 0 saturated carbocycles. The van der Waals surface area contributed by atoms with Crippen LogP contribution in [0.25, 0.3) is 5.76 Å². The third-order valence-electron chi connectivity index (χ3n) is 4.94. The molecule has 0 aliphatic carbocycles. The molecule has 1 aromatic carbocycles. The number of carbonyl (C=O) groups is 2. The standard InChI is InChI=1S/C22H23Cl2NO5S/c1-11(2)30-7-6-25-17(21-12(3)5-8-31-21)16(19(27)22(25)28)18(26)14-9-13(23)10-15(24)20(14)29-4/h5,8-11,17,26H,6-7H2,1-4H3/b18-16+. The molecule has 2 heterocycles. The summed E-state index contributed by atoms with van der Waals surface area (Å²) in [6, 6.07) is 4.08. The molecule has 0 radical (unpaired) electrons. The van der Waals surface area contributed by atoms with E-state index in [4.69, 9.17) is 32.7 Å². The van der Waals surface area contributed by atoms with Gasteiger partial charge in [-0.2, -0.15) is 0 Å². The van der Waals surface area contributed by atoms with Gasteiger partial charge in [0.1, 0.15) is 11.5 Å². The fraction of sp³-hybridized carbons (Fsp3) is 0.364. The number of carbonyl (C=O) groups excluding carboxylic acids is 2. The van der Waals surface area contributed by atoms with Gasteiger partial charge >= 0.3 is 0 Å². The number of hydrogen-bond donors (Lipinski definition) is 1. The number of nitrogens with zero attached hydrogens (tertiary/aromatic N) is 1. The summed E-state index contributed by atoms with van der Waals surface area (Å²) in [5, 5.41) is 13.5. The number of Topliss-reactive ketones (excluding diaryl/α,β-unsaturated/α-hetero) is 1. The van der Waals surface area contributed by atoms with Crippen LogP contribution in [0.3, 0.4) is 0 Å². The maximum absolute atomic E-state index is 13.1. The van der Waals surface area contributed by atoms with Crippen LogP contribution < -0.4 is 4.74 Å². The lowest BCUT2D eigenvalue weighted by Crippen LogP contribution is -2.33. The summed E-state index contributed by atoms with van der Waals surface area (Å²) < 4.78 is 10.9. The van der Waals surface area contributed by atoms with E-state index in [1.165, 1.54) is 35.5 Å². The number of halogens is 2. The topological polar surface area (TPSA) is 76.1 Å². The van der Waals surface area contributed by atoms with Crippen molar-refractivity contribution in [2.75, 3.05) is 20.3 Å². The largest absolute Gasteiger partial charge is 0.507 e. The molecule has 1 unspecified atom stereocenters. The number of rotatable bonds is 7. The van der Waals surface area contributed by atoms with Gasteiger partial charge in [-0.3, -0.25) is 9.59 Å². The highest BCUT2D eigenvalue weighted by molar-refractivity contribution is 7.10. The summed E-state index contributed by atoms with van der Waals surface area (Å²) in [6.07, 6.45) is -0.0170. The van der Waals surface area contributed by atoms with Crippen LogP contribution in [0.4, 0.5) is 0 Å². The zero-order valence-electron chi connectivity index (χ0n) is 17.6. The molecule has 1 saturated heterocycles. The second kappa shape index (κ2) is 9.61. The number of aliphatic hydroxyl groups excluding tert-OH is 1. The van der Waals surface area contributed by atoms with Gasteiger partial charge < -0.3 is 19.5 Å². The van der Waals surface area contributed by atoms with E-state index in [9.17, 15) is 14.7 Å². The first-order valence-corrected chi connectivity index (χ1v) is 11.3. The maximum atomic E-state index is 13.1. The monoisotopic (exact) mass is 483 g/mol. The predicted molar refractivity (Wildman–Crippen MR) is 122 cm³/mol. The summed E-state index contributed by atoms with van der Waals surface area (Å²) >= 11 is 13.8. The lowest BCUT2D eigenvalue weighted by molar-refractivity contribution is -0.140. The smallest absolute Gasteiger partial charge is 0.295 e. The Balaban J connectivity index is 2.18. The summed E-state index contributed by atoms with van der Waals surface area (Å²) in [4.78, 5) is 28.2. The minimum atomic E-state index is -0.780. The number of ketones is 1. The second-order valence-electron chi connectivity index (χ2n) is 7.35. The predicted octanol–water partition coefficient (Wildman–Crippen LogP) is 5.22. The van der Waals surface area contributed by atoms with Crippen LogP contribution in [0.5, 0.6) is 5.75 Å². The van der Waals surface area contributed by atoms with Gasteiger partial charge in [0.15, 0.2) is 0 Å². The first-order valence-electron chi connectivity index (χ1n) is 9.64. The Morgan fingerprint density at radius 2 is 2.00 bits per heavy atom. The van der Waals surface area contributed by atoms with Gasteiger partial charge in [0.2, 0.25) is 0 Å². The first kappa shape index (κ1) is 23.6. The van der Waals surface area contributed by atoms with Crippen molar-refractivity contribution in [2.45, 2.75) is 32.9 Å². The Hall–Kier alpha value is -2.06. The number of ether oxygens (including phenoxy) is 2. The van der Waals surface area contributed by atoms with Crippen LogP contribution in [0, 0.1) is 6.92 Å². The van der Waals surface area contributed by atoms with Gasteiger partial charge in [-0.25, -0.2) is 0 Å². The number of likely N-dealkylation sites (tertiary alicyclic amines) is 1. The van der Waals surface area contributed by atoms with Gasteiger partial charge in [0, 0.05) is 16.4 Å². The van der Waals surface area contributed by atoms with Crippen molar-refractivity contribution in [3.8, 4) is 5.75 Å². The SMILES string of the molecule is COc1c(Cl)cc(Cl)cc1/C(O)=C1\C(=O)C(=O)N(CCOC(C)C)C1c1sccc1C. The lowest BCUT2D eigenvalue weighted by atomic mass is 9.98. The lowest BCUT2D eigenvalue weighted by Gasteiger charge is -2.25. The third-order valence-corrected chi connectivity index (χ3v) is 6.51. The van der Waals surface area contributed by atoms with E-state index in [-0.39, 0.29) is 51.9 Å². The second-order valence-corrected chi connectivity index (χ2v) is 9.14. The number of aliphatic hydroxyl groups is 1. The summed E-state index contributed by atoms with van der Waals surface area (Å²) in [6.45, 7) is 6.15. The molecule has 9 heteroatoms. The molecule has 1 atom stereocenters. The normalized spacial score (nSPS) is 18.3. The Bertz CT molecular complexity index is 1050. The highest BCUT2D eigenvalue weighted by Crippen LogP contribution is 2.45. The van der Waals surface area contributed by atoms with Crippen LogP contribution in [0.1, 0.15) is 35.9 Å². The number of benzene rings is 1. The number of aryl methyl sites for hydroxylation is 1. The number of hydrogen-bond acceptors (Lipinski definition) is 6. The molecule has 0 bridgehead atoms. The van der Waals surface area contributed by atoms with E-state index in [1.54, 1.807) is 0 Å². The zero-order chi connectivity index (χ0) is 22.9. The van der Waals surface area contributed by atoms with Crippen molar-refractivity contribution in [2.24, 2.45) is 0 Å². The minimum Gasteiger partial charge on any atom is -0.507 e. The number of methoxy groups -OCH3 is 1. The highest BCUT2D eigenvalue weighted by atomic mass is 35.5. The molecule has 1 N–H and O–H groups in total. The van der Waals surface area contributed by atoms with E-state index in [1.807, 2.05) is 32.2 Å². The molecule has 31 heavy (non-hydrogen) atoms. The Labute approximate surface area is 195 Å². The van der Waals surface area contributed by atoms with Crippen LogP contribution in [0.2, 0.25) is 10.0 Å². The van der Waals surface area contributed by atoms with E-state index in [2.05, 4.69) is 0 Å². The van der Waals surface area contributed by atoms with Gasteiger partial charge in [-0.15, -0.1) is 11.3 Å². The molecule has 6 nitrogen and oxygen atoms in total. The van der Waals surface area contributed by atoms with Crippen LogP contribution in [-0.2, 0) is 14.3 Å². The van der Waals surface area contributed by atoms with Crippen molar-refractivity contribution in [3.63, 3.8) is 0 Å². The van der Waals surface area contributed by atoms with Gasteiger partial charge in [-0.1, -0.05) is 23.2 Å². The fourth-order valence-corrected chi connectivity index (χ4v) is 5.14. The molecule has 1 aliphatic heterocycles. The molecular weight excluding hydrogens is 461 g/mol. The average molecular weight is 484 g/mol. The van der Waals surface area contributed by atoms with Crippen LogP contribution in [0.15, 0.2) is 29.2 Å². The van der Waals surface area contributed by atoms with E-state index in [0.29, 0.717) is 0 Å². The molecule has 1 aromatic heterocycles. The molecular formula is C22H23Cl2NO5S. The number of thiophene rings is 1. The minimum absolute atomic E-state index is 0.0170. The van der Waals surface area contributed by atoms with Gasteiger partial charge in [-0.05, 0) is 49.9 Å². The van der Waals surface area contributed by atoms with Crippen molar-refractivity contribution in [3.05, 3.63) is 55.2 Å². The van der Waals surface area contributed by atoms with Gasteiger partial charge in [0.25, 0.3) is 11.7 Å². The molecule has 2 aromatic rings. The molecule has 3 rings (SSSR count). The highest BCUT2D eigenvalue weighted by Gasteiger charge is 2.47. The first-order chi connectivity index (χ1) is 14.7. The Kier molecular flexibility index (Phi) is 7.31. The molecule has 1 amide bonds. The van der Waals surface area contributed by atoms with Crippen LogP contribution in [-0.4, -0.2) is 48.1 Å². The van der Waals surface area contributed by atoms with Crippen molar-refractivity contribution in [1.82, 2.24) is 4.90 Å². The molecule has 1 fully saturated rings. The Morgan fingerprint density at radius 1 is 1.29 bits per heavy atom. The van der Waals surface area contributed by atoms with E-state index < -0.39 is 17.7 Å². The van der Waals surface area contributed by atoms with Gasteiger partial charge in [0.05, 0.1) is 42.0 Å². The summed E-state index contributed by atoms with van der Waals surface area (Å²) in [5.74, 6) is -1.69. The quantitative estimate of drug-likeness (QED) is 0.331. The third kappa shape index (κ3) is 4.60. The maximum Gasteiger partial charge on any atom is 0.295 e. The number of amides is 1. The average Bonchev–Trinajstić information content (AvgIpc) is 3.22. The van der Waals surface area contributed by atoms with E-state index in [0.717, 1.165) is 10.4 Å². The zero-order valence-corrected chi connectivity index (χ0v) is 19.9. The molecule has 1 aliphatic rings. The molecule has 166 valence electrons. The Morgan fingerprint density at radius 3 is 2.58 bits per heavy atom. The van der Waals surface area contributed by atoms with Crippen molar-refractivity contribution in [1.29, 1.82) is 0 Å². The molecule has 0 spiro atoms. The summed E-state index contributed by atoms with van der Waals surface area (Å²) in [7, 11) is 1.40. The summed E-state index contributed by atoms with van der Waals surface area (Å²) in [5.41, 5.74) is 1.03. The van der Waals surface area contributed by atoms with Crippen molar-refractivity contribution < 1.29 is 24.2 Å².